The largest absolute Gasteiger partial charge is 0.361 e. The topological polar surface area (TPSA) is 91.1 Å². The van der Waals surface area contributed by atoms with Gasteiger partial charge in [0.05, 0.1) is 12.6 Å². The third kappa shape index (κ3) is 3.68. The molecule has 1 aromatic carbocycles. The van der Waals surface area contributed by atoms with E-state index in [1.165, 1.54) is 6.92 Å². The first-order chi connectivity index (χ1) is 10.1. The van der Waals surface area contributed by atoms with Crippen molar-refractivity contribution in [3.63, 3.8) is 0 Å². The average molecular weight is 287 g/mol. The van der Waals surface area contributed by atoms with Crippen LogP contribution in [0.25, 0.3) is 10.9 Å². The van der Waals surface area contributed by atoms with Gasteiger partial charge >= 0.3 is 0 Å². The Hall–Kier alpha value is -2.63. The highest BCUT2D eigenvalue weighted by Crippen LogP contribution is 2.19. The van der Waals surface area contributed by atoms with Crippen molar-refractivity contribution in [2.75, 3.05) is 6.54 Å². The summed E-state index contributed by atoms with van der Waals surface area (Å²) in [5, 5.41) is 5.93. The fourth-order valence-electron chi connectivity index (χ4n) is 2.20. The molecule has 2 aromatic rings. The molecular weight excluding hydrogens is 270 g/mol. The summed E-state index contributed by atoms with van der Waals surface area (Å²) in [6.07, 6.45) is 2.70. The van der Waals surface area contributed by atoms with E-state index in [0.29, 0.717) is 12.8 Å². The highest BCUT2D eigenvalue weighted by molar-refractivity contribution is 5.90. The van der Waals surface area contributed by atoms with E-state index in [0.717, 1.165) is 16.5 Å². The van der Waals surface area contributed by atoms with E-state index in [2.05, 4.69) is 15.6 Å². The first kappa shape index (κ1) is 14.8. The number of ketones is 1. The van der Waals surface area contributed by atoms with Gasteiger partial charge < -0.3 is 15.6 Å². The molecule has 110 valence electrons. The highest BCUT2D eigenvalue weighted by atomic mass is 16.2. The second-order valence-corrected chi connectivity index (χ2v) is 4.79. The van der Waals surface area contributed by atoms with Gasteiger partial charge in [0.25, 0.3) is 0 Å². The van der Waals surface area contributed by atoms with Crippen LogP contribution in [0.1, 0.15) is 12.5 Å². The van der Waals surface area contributed by atoms with Crippen LogP contribution in [0.3, 0.4) is 0 Å². The Morgan fingerprint density at radius 3 is 2.81 bits per heavy atom. The summed E-state index contributed by atoms with van der Waals surface area (Å²) in [6, 6.07) is 7.17. The molecule has 6 heteroatoms. The number of benzene rings is 1. The number of carbonyl (C=O) groups is 3. The minimum Gasteiger partial charge on any atom is -0.361 e. The molecule has 2 amide bonds. The summed E-state index contributed by atoms with van der Waals surface area (Å²) in [7, 11) is 0. The number of hydrogen-bond donors (Lipinski definition) is 3. The quantitative estimate of drug-likeness (QED) is 0.649. The predicted octanol–water partition coefficient (Wildman–Crippen LogP) is 0.530. The van der Waals surface area contributed by atoms with Gasteiger partial charge in [0, 0.05) is 23.5 Å². The average Bonchev–Trinajstić information content (AvgIpc) is 2.87. The van der Waals surface area contributed by atoms with Crippen molar-refractivity contribution in [3.8, 4) is 0 Å². The molecule has 0 aliphatic rings. The molecule has 0 radical (unpaired) electrons. The first-order valence-corrected chi connectivity index (χ1v) is 6.63. The van der Waals surface area contributed by atoms with E-state index in [9.17, 15) is 14.4 Å². The number of amides is 2. The Balaban J connectivity index is 2.11. The molecular formula is C15H17N3O3. The van der Waals surface area contributed by atoms with Crippen LogP contribution in [0.5, 0.6) is 0 Å². The van der Waals surface area contributed by atoms with Crippen LogP contribution >= 0.6 is 0 Å². The van der Waals surface area contributed by atoms with Crippen molar-refractivity contribution >= 4 is 29.0 Å². The Morgan fingerprint density at radius 1 is 1.33 bits per heavy atom. The number of hydrogen-bond acceptors (Lipinski definition) is 3. The number of para-hydroxylation sites is 1. The number of aromatic amines is 1. The van der Waals surface area contributed by atoms with E-state index in [-0.39, 0.29) is 18.2 Å². The van der Waals surface area contributed by atoms with E-state index in [1.54, 1.807) is 0 Å². The SMILES string of the molecule is CC(=O)C(Cc1c[nH]c2ccccc12)NC(=O)CNC=O. The maximum atomic E-state index is 11.7. The van der Waals surface area contributed by atoms with Crippen LogP contribution in [0.15, 0.2) is 30.5 Å². The zero-order valence-corrected chi connectivity index (χ0v) is 11.7. The molecule has 1 heterocycles. The van der Waals surface area contributed by atoms with Crippen molar-refractivity contribution < 1.29 is 14.4 Å². The molecule has 0 saturated carbocycles. The lowest BCUT2D eigenvalue weighted by Crippen LogP contribution is -2.44. The van der Waals surface area contributed by atoms with Crippen molar-refractivity contribution in [1.82, 2.24) is 15.6 Å². The van der Waals surface area contributed by atoms with Gasteiger partial charge in [-0.1, -0.05) is 18.2 Å². The molecule has 0 spiro atoms. The Morgan fingerprint density at radius 2 is 2.10 bits per heavy atom. The summed E-state index contributed by atoms with van der Waals surface area (Å²) in [5.41, 5.74) is 1.96. The molecule has 1 atom stereocenters. The summed E-state index contributed by atoms with van der Waals surface area (Å²) < 4.78 is 0. The molecule has 0 fully saturated rings. The monoisotopic (exact) mass is 287 g/mol. The lowest BCUT2D eigenvalue weighted by Gasteiger charge is -2.15. The number of aromatic nitrogens is 1. The van der Waals surface area contributed by atoms with Gasteiger partial charge in [-0.25, -0.2) is 0 Å². The van der Waals surface area contributed by atoms with Gasteiger partial charge in [-0.15, -0.1) is 0 Å². The summed E-state index contributed by atoms with van der Waals surface area (Å²) in [4.78, 5) is 36.6. The lowest BCUT2D eigenvalue weighted by molar-refractivity contribution is -0.126. The van der Waals surface area contributed by atoms with Crippen molar-refractivity contribution in [2.24, 2.45) is 0 Å². The number of fused-ring (bicyclic) bond motifs is 1. The standard InChI is InChI=1S/C15H17N3O3/c1-10(20)14(18-15(21)8-16-9-19)6-11-7-17-13-5-3-2-4-12(11)13/h2-5,7,9,14,17H,6,8H2,1H3,(H,16,19)(H,18,21). The van der Waals surface area contributed by atoms with E-state index in [4.69, 9.17) is 0 Å². The van der Waals surface area contributed by atoms with Crippen LogP contribution in [0.2, 0.25) is 0 Å². The fourth-order valence-corrected chi connectivity index (χ4v) is 2.20. The molecule has 0 bridgehead atoms. The van der Waals surface area contributed by atoms with Gasteiger partial charge in [0.15, 0.2) is 5.78 Å². The molecule has 0 aliphatic carbocycles. The Bertz CT molecular complexity index is 663. The smallest absolute Gasteiger partial charge is 0.239 e. The summed E-state index contributed by atoms with van der Waals surface area (Å²) in [5.74, 6) is -0.512. The minimum absolute atomic E-state index is 0.125. The number of nitrogens with one attached hydrogen (secondary N) is 3. The summed E-state index contributed by atoms with van der Waals surface area (Å²) >= 11 is 0. The van der Waals surface area contributed by atoms with Crippen molar-refractivity contribution in [2.45, 2.75) is 19.4 Å². The third-order valence-electron chi connectivity index (χ3n) is 3.27. The summed E-state index contributed by atoms with van der Waals surface area (Å²) in [6.45, 7) is 1.30. The van der Waals surface area contributed by atoms with Gasteiger partial charge in [-0.05, 0) is 18.6 Å². The molecule has 3 N–H and O–H groups in total. The molecule has 1 unspecified atom stereocenters. The van der Waals surface area contributed by atoms with Crippen LogP contribution < -0.4 is 10.6 Å². The van der Waals surface area contributed by atoms with Crippen LogP contribution in [0.4, 0.5) is 0 Å². The van der Waals surface area contributed by atoms with E-state index in [1.807, 2.05) is 30.5 Å². The molecule has 2 rings (SSSR count). The van der Waals surface area contributed by atoms with Crippen LogP contribution in [0, 0.1) is 0 Å². The van der Waals surface area contributed by atoms with Crippen molar-refractivity contribution in [1.29, 1.82) is 0 Å². The molecule has 1 aromatic heterocycles. The van der Waals surface area contributed by atoms with Gasteiger partial charge in [-0.3, -0.25) is 14.4 Å². The third-order valence-corrected chi connectivity index (χ3v) is 3.27. The lowest BCUT2D eigenvalue weighted by atomic mass is 10.0. The Kier molecular flexibility index (Phi) is 4.71. The predicted molar refractivity (Wildman–Crippen MR) is 78.7 cm³/mol. The second-order valence-electron chi connectivity index (χ2n) is 4.79. The van der Waals surface area contributed by atoms with E-state index >= 15 is 0 Å². The normalized spacial score (nSPS) is 11.9. The zero-order valence-electron chi connectivity index (χ0n) is 11.7. The van der Waals surface area contributed by atoms with Crippen molar-refractivity contribution in [3.05, 3.63) is 36.0 Å². The molecule has 21 heavy (non-hydrogen) atoms. The first-order valence-electron chi connectivity index (χ1n) is 6.63. The second kappa shape index (κ2) is 6.69. The number of Topliss-reactive ketones (excluding diaryl/α,β-unsaturated/α-hetero) is 1. The number of rotatable bonds is 7. The van der Waals surface area contributed by atoms with Crippen LogP contribution in [-0.4, -0.2) is 35.7 Å². The minimum atomic E-state index is -0.606. The van der Waals surface area contributed by atoms with Gasteiger partial charge in [-0.2, -0.15) is 0 Å². The molecule has 0 aliphatic heterocycles. The maximum absolute atomic E-state index is 11.7. The van der Waals surface area contributed by atoms with Gasteiger partial charge in [0.1, 0.15) is 0 Å². The highest BCUT2D eigenvalue weighted by Gasteiger charge is 2.19. The zero-order chi connectivity index (χ0) is 15.2. The number of carbonyl (C=O) groups excluding carboxylic acids is 3. The molecule has 6 nitrogen and oxygen atoms in total. The maximum Gasteiger partial charge on any atom is 0.239 e. The molecule has 0 saturated heterocycles. The van der Waals surface area contributed by atoms with Crippen LogP contribution in [-0.2, 0) is 20.8 Å². The fraction of sp³-hybridized carbons (Fsp3) is 0.267. The van der Waals surface area contributed by atoms with E-state index < -0.39 is 6.04 Å². The number of H-pyrrole nitrogens is 1. The Labute approximate surface area is 121 Å². The van der Waals surface area contributed by atoms with Gasteiger partial charge in [0.2, 0.25) is 12.3 Å².